The molecule has 0 aliphatic carbocycles. The van der Waals surface area contributed by atoms with Crippen molar-refractivity contribution in [3.8, 4) is 0 Å². The van der Waals surface area contributed by atoms with Crippen LogP contribution in [0.1, 0.15) is 24.7 Å². The molecule has 0 amide bonds. The van der Waals surface area contributed by atoms with Gasteiger partial charge in [-0.2, -0.15) is 13.2 Å². The van der Waals surface area contributed by atoms with E-state index in [1.54, 1.807) is 23.4 Å². The molecule has 0 aromatic carbocycles. The van der Waals surface area contributed by atoms with Gasteiger partial charge in [-0.15, -0.1) is 11.8 Å². The minimum atomic E-state index is -4.43. The van der Waals surface area contributed by atoms with Gasteiger partial charge in [0.2, 0.25) is 0 Å². The van der Waals surface area contributed by atoms with Crippen molar-refractivity contribution in [3.63, 3.8) is 0 Å². The fourth-order valence-corrected chi connectivity index (χ4v) is 3.25. The Balaban J connectivity index is 2.07. The van der Waals surface area contributed by atoms with Gasteiger partial charge in [0.05, 0.1) is 17.0 Å². The van der Waals surface area contributed by atoms with Gasteiger partial charge in [0.1, 0.15) is 11.3 Å². The van der Waals surface area contributed by atoms with Gasteiger partial charge in [0, 0.05) is 18.8 Å². The molecule has 0 saturated carbocycles. The Bertz CT molecular complexity index is 873. The molecule has 0 spiro atoms. The summed E-state index contributed by atoms with van der Waals surface area (Å²) in [6.07, 6.45) is -0.673. The smallest absolute Gasteiger partial charge is 0.312 e. The van der Waals surface area contributed by atoms with E-state index in [0.29, 0.717) is 18.0 Å². The van der Waals surface area contributed by atoms with Crippen molar-refractivity contribution in [3.05, 3.63) is 34.6 Å². The minimum Gasteiger partial charge on any atom is -0.312 e. The van der Waals surface area contributed by atoms with Crippen molar-refractivity contribution < 1.29 is 13.2 Å². The van der Waals surface area contributed by atoms with Gasteiger partial charge in [-0.05, 0) is 30.2 Å². The molecular weight excluding hydrogens is 337 g/mol. The Kier molecular flexibility index (Phi) is 4.51. The Hall–Kier alpha value is -2.05. The predicted molar refractivity (Wildman–Crippen MR) is 90.1 cm³/mol. The van der Waals surface area contributed by atoms with Crippen LogP contribution < -0.4 is 0 Å². The lowest BCUT2D eigenvalue weighted by atomic mass is 10.2. The molecule has 126 valence electrons. The van der Waals surface area contributed by atoms with E-state index in [0.717, 1.165) is 34.9 Å². The average molecular weight is 352 g/mol. The van der Waals surface area contributed by atoms with Gasteiger partial charge < -0.3 is 4.57 Å². The highest BCUT2D eigenvalue weighted by atomic mass is 32.2. The maximum absolute atomic E-state index is 12.9. The summed E-state index contributed by atoms with van der Waals surface area (Å²) in [6.45, 7) is 2.56. The summed E-state index contributed by atoms with van der Waals surface area (Å²) >= 11 is 1.62. The summed E-state index contributed by atoms with van der Waals surface area (Å²) in [6, 6.07) is 1.03. The van der Waals surface area contributed by atoms with Gasteiger partial charge in [-0.1, -0.05) is 6.92 Å². The van der Waals surface area contributed by atoms with Crippen molar-refractivity contribution >= 4 is 34.4 Å². The van der Waals surface area contributed by atoms with E-state index in [1.165, 1.54) is 0 Å². The van der Waals surface area contributed by atoms with Crippen LogP contribution in [0.2, 0.25) is 0 Å². The summed E-state index contributed by atoms with van der Waals surface area (Å²) < 4.78 is 40.3. The fourth-order valence-electron chi connectivity index (χ4n) is 2.39. The van der Waals surface area contributed by atoms with Crippen LogP contribution in [0, 0.1) is 0 Å². The number of aryl methyl sites for hydroxylation is 1. The predicted octanol–water partition coefficient (Wildman–Crippen LogP) is 4.08. The molecular formula is C16H15F3N4S. The average Bonchev–Trinajstić information content (AvgIpc) is 2.89. The van der Waals surface area contributed by atoms with E-state index in [1.807, 2.05) is 6.08 Å². The second-order valence-electron chi connectivity index (χ2n) is 5.31. The zero-order valence-electron chi connectivity index (χ0n) is 13.2. The largest absolute Gasteiger partial charge is 0.417 e. The highest BCUT2D eigenvalue weighted by Crippen LogP contribution is 2.34. The van der Waals surface area contributed by atoms with Crippen LogP contribution in [0.15, 0.2) is 28.2 Å². The Morgan fingerprint density at radius 2 is 2.17 bits per heavy atom. The number of aliphatic imine (C=N–C) groups is 1. The molecule has 0 saturated heterocycles. The molecule has 0 fully saturated rings. The first-order chi connectivity index (χ1) is 11.4. The van der Waals surface area contributed by atoms with Crippen LogP contribution in [-0.4, -0.2) is 32.7 Å². The molecule has 1 aliphatic rings. The van der Waals surface area contributed by atoms with E-state index < -0.39 is 11.7 Å². The van der Waals surface area contributed by atoms with E-state index in [9.17, 15) is 13.2 Å². The van der Waals surface area contributed by atoms with Crippen LogP contribution in [0.4, 0.5) is 13.2 Å². The molecule has 0 N–H and O–H groups in total. The highest BCUT2D eigenvalue weighted by molar-refractivity contribution is 8.03. The summed E-state index contributed by atoms with van der Waals surface area (Å²) in [5.74, 6) is 4.49. The number of hydrogen-bond donors (Lipinski definition) is 0. The third kappa shape index (κ3) is 3.12. The topological polar surface area (TPSA) is 43.1 Å². The third-order valence-electron chi connectivity index (χ3n) is 3.54. The normalized spacial score (nSPS) is 14.9. The second kappa shape index (κ2) is 6.45. The number of hydrogen-bond acceptors (Lipinski definition) is 4. The number of imidazole rings is 1. The number of thioether (sulfide) groups is 1. The van der Waals surface area contributed by atoms with Crippen molar-refractivity contribution in [2.24, 2.45) is 12.0 Å². The maximum atomic E-state index is 12.9. The summed E-state index contributed by atoms with van der Waals surface area (Å²) in [5.41, 5.74) is 0.694. The number of alkyl halides is 3. The lowest BCUT2D eigenvalue weighted by Crippen LogP contribution is -2.05. The molecule has 24 heavy (non-hydrogen) atoms. The molecule has 1 aliphatic heterocycles. The zero-order chi connectivity index (χ0) is 17.3. The maximum Gasteiger partial charge on any atom is 0.417 e. The second-order valence-corrected chi connectivity index (χ2v) is 6.41. The van der Waals surface area contributed by atoms with Crippen LogP contribution >= 0.6 is 11.8 Å². The van der Waals surface area contributed by atoms with Crippen LogP contribution in [-0.2, 0) is 13.2 Å². The summed E-state index contributed by atoms with van der Waals surface area (Å²) in [4.78, 5) is 13.3. The Morgan fingerprint density at radius 3 is 2.88 bits per heavy atom. The monoisotopic (exact) mass is 352 g/mol. The molecule has 0 atom stereocenters. The lowest BCUT2D eigenvalue weighted by Gasteiger charge is -2.11. The summed E-state index contributed by atoms with van der Waals surface area (Å²) in [5, 5.41) is 0. The lowest BCUT2D eigenvalue weighted by molar-refractivity contribution is -0.137. The van der Waals surface area contributed by atoms with E-state index in [-0.39, 0.29) is 5.52 Å². The first kappa shape index (κ1) is 16.8. The van der Waals surface area contributed by atoms with E-state index in [2.05, 4.69) is 27.8 Å². The van der Waals surface area contributed by atoms with E-state index >= 15 is 0 Å². The van der Waals surface area contributed by atoms with Gasteiger partial charge >= 0.3 is 6.18 Å². The zero-order valence-corrected chi connectivity index (χ0v) is 14.0. The third-order valence-corrected chi connectivity index (χ3v) is 4.75. The van der Waals surface area contributed by atoms with Crippen LogP contribution in [0.3, 0.4) is 0 Å². The molecule has 4 nitrogen and oxygen atoms in total. The number of fused-ring (bicyclic) bond motifs is 1. The number of allylic oxidation sites excluding steroid dienone is 1. The molecule has 8 heteroatoms. The van der Waals surface area contributed by atoms with Gasteiger partial charge in [0.15, 0.2) is 5.65 Å². The molecule has 0 unspecified atom stereocenters. The molecule has 2 aromatic heterocycles. The number of rotatable bonds is 4. The fraction of sp³-hybridized carbons (Fsp3) is 0.375. The van der Waals surface area contributed by atoms with E-state index in [4.69, 9.17) is 0 Å². The quantitative estimate of drug-likeness (QED) is 0.833. The van der Waals surface area contributed by atoms with Crippen molar-refractivity contribution in [1.29, 1.82) is 0 Å². The van der Waals surface area contributed by atoms with Crippen LogP contribution in [0.25, 0.3) is 16.7 Å². The highest BCUT2D eigenvalue weighted by Gasteiger charge is 2.32. The summed E-state index contributed by atoms with van der Waals surface area (Å²) in [7, 11) is 1.75. The SMILES string of the molecule is CCCSC1=C=NCC=C1c1nc2cc(C(F)(F)F)cnc2n1C. The Labute approximate surface area is 141 Å². The van der Waals surface area contributed by atoms with Crippen molar-refractivity contribution in [1.82, 2.24) is 14.5 Å². The molecule has 3 rings (SSSR count). The van der Waals surface area contributed by atoms with Gasteiger partial charge in [-0.3, -0.25) is 0 Å². The van der Waals surface area contributed by atoms with Crippen molar-refractivity contribution in [2.45, 2.75) is 19.5 Å². The van der Waals surface area contributed by atoms with Gasteiger partial charge in [-0.25, -0.2) is 15.0 Å². The number of aromatic nitrogens is 3. The first-order valence-corrected chi connectivity index (χ1v) is 8.43. The number of nitrogens with zero attached hydrogens (tertiary/aromatic N) is 4. The molecule has 2 aromatic rings. The minimum absolute atomic E-state index is 0.227. The first-order valence-electron chi connectivity index (χ1n) is 7.44. The van der Waals surface area contributed by atoms with Crippen molar-refractivity contribution in [2.75, 3.05) is 12.3 Å². The number of pyridine rings is 1. The number of halogens is 3. The van der Waals surface area contributed by atoms with Gasteiger partial charge in [0.25, 0.3) is 0 Å². The molecule has 0 radical (unpaired) electrons. The Morgan fingerprint density at radius 1 is 1.38 bits per heavy atom. The molecule has 3 heterocycles. The molecule has 0 bridgehead atoms. The van der Waals surface area contributed by atoms with Crippen LogP contribution in [0.5, 0.6) is 0 Å². The standard InChI is InChI=1S/C16H15F3N4S/c1-3-6-24-13-9-20-5-4-11(13)14-22-12-7-10(16(17,18)19)8-21-15(12)23(14)2/h4,7-8H,3,5-6H2,1-2H3.